The summed E-state index contributed by atoms with van der Waals surface area (Å²) in [5, 5.41) is 3.25. The maximum absolute atomic E-state index is 13.8. The lowest BCUT2D eigenvalue weighted by Crippen LogP contribution is -2.51. The van der Waals surface area contributed by atoms with Crippen LogP contribution in [0.4, 0.5) is 4.39 Å². The minimum Gasteiger partial charge on any atom is -0.336 e. The van der Waals surface area contributed by atoms with Crippen LogP contribution in [-0.4, -0.2) is 36.5 Å². The second-order valence-corrected chi connectivity index (χ2v) is 5.06. The molecule has 0 bridgehead atoms. The molecule has 5 heteroatoms. The Balaban J connectivity index is 2.22. The van der Waals surface area contributed by atoms with Gasteiger partial charge in [0.15, 0.2) is 0 Å². The van der Waals surface area contributed by atoms with E-state index < -0.39 is 5.82 Å². The highest BCUT2D eigenvalue weighted by Gasteiger charge is 2.24. The molecule has 1 heterocycles. The average Bonchev–Trinajstić information content (AvgIpc) is 2.32. The zero-order chi connectivity index (χ0) is 12.4. The van der Waals surface area contributed by atoms with Gasteiger partial charge in [-0.2, -0.15) is 0 Å². The fourth-order valence-corrected chi connectivity index (χ4v) is 2.32. The van der Waals surface area contributed by atoms with Crippen LogP contribution in [0, 0.1) is 5.82 Å². The molecular formula is C12H14BrFN2O. The molecule has 0 aliphatic carbocycles. The van der Waals surface area contributed by atoms with Crippen molar-refractivity contribution in [1.29, 1.82) is 0 Å². The Hall–Kier alpha value is -0.940. The van der Waals surface area contributed by atoms with Gasteiger partial charge in [0.05, 0.1) is 10.0 Å². The molecule has 1 amide bonds. The summed E-state index contributed by atoms with van der Waals surface area (Å²) in [5.74, 6) is -0.721. The van der Waals surface area contributed by atoms with Crippen molar-refractivity contribution in [2.45, 2.75) is 13.0 Å². The highest BCUT2D eigenvalue weighted by Crippen LogP contribution is 2.20. The maximum atomic E-state index is 13.8. The summed E-state index contributed by atoms with van der Waals surface area (Å²) in [6.45, 7) is 4.00. The van der Waals surface area contributed by atoms with E-state index in [0.29, 0.717) is 17.6 Å². The van der Waals surface area contributed by atoms with Gasteiger partial charge in [0.1, 0.15) is 5.82 Å². The van der Waals surface area contributed by atoms with E-state index >= 15 is 0 Å². The zero-order valence-corrected chi connectivity index (χ0v) is 11.1. The largest absolute Gasteiger partial charge is 0.336 e. The van der Waals surface area contributed by atoms with Gasteiger partial charge in [-0.3, -0.25) is 4.79 Å². The van der Waals surface area contributed by atoms with Gasteiger partial charge in [-0.1, -0.05) is 6.07 Å². The van der Waals surface area contributed by atoms with Gasteiger partial charge in [0, 0.05) is 25.7 Å². The number of carbonyl (C=O) groups is 1. The first-order valence-electron chi connectivity index (χ1n) is 5.56. The molecule has 0 aromatic heterocycles. The van der Waals surface area contributed by atoms with Crippen molar-refractivity contribution in [1.82, 2.24) is 10.2 Å². The number of hydrogen-bond donors (Lipinski definition) is 1. The minimum absolute atomic E-state index is 0.133. The molecule has 92 valence electrons. The van der Waals surface area contributed by atoms with Crippen molar-refractivity contribution in [2.75, 3.05) is 19.6 Å². The van der Waals surface area contributed by atoms with Gasteiger partial charge < -0.3 is 10.2 Å². The molecule has 0 radical (unpaired) electrons. The second-order valence-electron chi connectivity index (χ2n) is 4.21. The summed E-state index contributed by atoms with van der Waals surface area (Å²) in [6.07, 6.45) is 0. The van der Waals surface area contributed by atoms with Crippen LogP contribution in [0.25, 0.3) is 0 Å². The first kappa shape index (κ1) is 12.5. The van der Waals surface area contributed by atoms with Crippen molar-refractivity contribution in [2.24, 2.45) is 0 Å². The Bertz CT molecular complexity index is 439. The van der Waals surface area contributed by atoms with Crippen molar-refractivity contribution < 1.29 is 9.18 Å². The lowest BCUT2D eigenvalue weighted by atomic mass is 10.1. The molecule has 1 N–H and O–H groups in total. The molecule has 1 saturated heterocycles. The number of amides is 1. The first-order chi connectivity index (χ1) is 8.09. The third kappa shape index (κ3) is 2.66. The summed E-state index contributed by atoms with van der Waals surface area (Å²) >= 11 is 3.09. The molecule has 1 aliphatic rings. The molecule has 17 heavy (non-hydrogen) atoms. The van der Waals surface area contributed by atoms with Crippen LogP contribution in [0.2, 0.25) is 0 Å². The van der Waals surface area contributed by atoms with E-state index in [1.54, 1.807) is 17.0 Å². The fourth-order valence-electron chi connectivity index (χ4n) is 1.96. The van der Waals surface area contributed by atoms with Gasteiger partial charge in [-0.05, 0) is 35.0 Å². The molecule has 1 aromatic carbocycles. The molecule has 0 saturated carbocycles. The van der Waals surface area contributed by atoms with E-state index in [1.165, 1.54) is 6.07 Å². The molecule has 1 aliphatic heterocycles. The molecule has 1 fully saturated rings. The highest BCUT2D eigenvalue weighted by atomic mass is 79.9. The summed E-state index contributed by atoms with van der Waals surface area (Å²) in [6, 6.07) is 5.04. The number of benzene rings is 1. The SMILES string of the molecule is C[C@H]1CN(C(=O)c2cccc(Br)c2F)CCN1. The van der Waals surface area contributed by atoms with Crippen molar-refractivity contribution >= 4 is 21.8 Å². The number of piperazine rings is 1. The summed E-state index contributed by atoms with van der Waals surface area (Å²) < 4.78 is 14.1. The normalized spacial score (nSPS) is 20.4. The third-order valence-corrected chi connectivity index (χ3v) is 3.45. The van der Waals surface area contributed by atoms with Crippen LogP contribution in [0.5, 0.6) is 0 Å². The van der Waals surface area contributed by atoms with Gasteiger partial charge in [0.2, 0.25) is 0 Å². The van der Waals surface area contributed by atoms with E-state index in [-0.39, 0.29) is 17.5 Å². The van der Waals surface area contributed by atoms with Crippen LogP contribution >= 0.6 is 15.9 Å². The number of nitrogens with zero attached hydrogens (tertiary/aromatic N) is 1. The predicted molar refractivity (Wildman–Crippen MR) is 67.5 cm³/mol. The number of nitrogens with one attached hydrogen (secondary N) is 1. The average molecular weight is 301 g/mol. The smallest absolute Gasteiger partial charge is 0.256 e. The van der Waals surface area contributed by atoms with E-state index in [0.717, 1.165) is 6.54 Å². The third-order valence-electron chi connectivity index (χ3n) is 2.84. The molecule has 2 rings (SSSR count). The number of rotatable bonds is 1. The summed E-state index contributed by atoms with van der Waals surface area (Å²) in [5.41, 5.74) is 0.133. The van der Waals surface area contributed by atoms with Crippen LogP contribution in [0.1, 0.15) is 17.3 Å². The van der Waals surface area contributed by atoms with Crippen LogP contribution < -0.4 is 5.32 Å². The topological polar surface area (TPSA) is 32.3 Å². The molecular weight excluding hydrogens is 287 g/mol. The van der Waals surface area contributed by atoms with Crippen molar-refractivity contribution in [3.05, 3.63) is 34.1 Å². The van der Waals surface area contributed by atoms with Crippen LogP contribution in [-0.2, 0) is 0 Å². The molecule has 0 unspecified atom stereocenters. The summed E-state index contributed by atoms with van der Waals surface area (Å²) in [4.78, 5) is 13.8. The van der Waals surface area contributed by atoms with Crippen molar-refractivity contribution in [3.8, 4) is 0 Å². The Morgan fingerprint density at radius 1 is 1.59 bits per heavy atom. The lowest BCUT2D eigenvalue weighted by molar-refractivity contribution is 0.0704. The number of hydrogen-bond acceptors (Lipinski definition) is 2. The summed E-state index contributed by atoms with van der Waals surface area (Å²) in [7, 11) is 0. The Morgan fingerprint density at radius 3 is 3.06 bits per heavy atom. The molecule has 1 aromatic rings. The van der Waals surface area contributed by atoms with Crippen molar-refractivity contribution in [3.63, 3.8) is 0 Å². The quantitative estimate of drug-likeness (QED) is 0.861. The molecule has 3 nitrogen and oxygen atoms in total. The molecule has 1 atom stereocenters. The van der Waals surface area contributed by atoms with Gasteiger partial charge in [0.25, 0.3) is 5.91 Å². The Kier molecular flexibility index (Phi) is 3.79. The van der Waals surface area contributed by atoms with E-state index in [9.17, 15) is 9.18 Å². The Labute approximate surface area is 108 Å². The van der Waals surface area contributed by atoms with Crippen LogP contribution in [0.3, 0.4) is 0 Å². The predicted octanol–water partition coefficient (Wildman–Crippen LogP) is 2.02. The fraction of sp³-hybridized carbons (Fsp3) is 0.417. The van der Waals surface area contributed by atoms with E-state index in [2.05, 4.69) is 21.2 Å². The standard InChI is InChI=1S/C12H14BrFN2O/c1-8-7-16(6-5-15-8)12(17)9-3-2-4-10(13)11(9)14/h2-4,8,15H,5-7H2,1H3/t8-/m0/s1. The minimum atomic E-state index is -0.483. The first-order valence-corrected chi connectivity index (χ1v) is 6.35. The van der Waals surface area contributed by atoms with Gasteiger partial charge in [-0.15, -0.1) is 0 Å². The monoisotopic (exact) mass is 300 g/mol. The number of carbonyl (C=O) groups excluding carboxylic acids is 1. The van der Waals surface area contributed by atoms with Gasteiger partial charge >= 0.3 is 0 Å². The van der Waals surface area contributed by atoms with E-state index in [1.807, 2.05) is 6.92 Å². The molecule has 0 spiro atoms. The van der Waals surface area contributed by atoms with Crippen LogP contribution in [0.15, 0.2) is 22.7 Å². The lowest BCUT2D eigenvalue weighted by Gasteiger charge is -2.32. The highest BCUT2D eigenvalue weighted by molar-refractivity contribution is 9.10. The second kappa shape index (κ2) is 5.14. The Morgan fingerprint density at radius 2 is 2.35 bits per heavy atom. The maximum Gasteiger partial charge on any atom is 0.256 e. The zero-order valence-electron chi connectivity index (χ0n) is 9.54. The van der Waals surface area contributed by atoms with E-state index in [4.69, 9.17) is 0 Å². The number of halogens is 2. The van der Waals surface area contributed by atoms with Gasteiger partial charge in [-0.25, -0.2) is 4.39 Å².